The average molecular weight is 336 g/mol. The monoisotopic (exact) mass is 336 g/mol. The van der Waals surface area contributed by atoms with Crippen molar-refractivity contribution in [1.29, 1.82) is 0 Å². The van der Waals surface area contributed by atoms with E-state index in [0.29, 0.717) is 24.3 Å². The number of hydrogen-bond donors (Lipinski definition) is 1. The average Bonchev–Trinajstić information content (AvgIpc) is 3.02. The summed E-state index contributed by atoms with van der Waals surface area (Å²) in [7, 11) is 0. The van der Waals surface area contributed by atoms with Crippen molar-refractivity contribution < 1.29 is 13.9 Å². The summed E-state index contributed by atoms with van der Waals surface area (Å²) in [6.07, 6.45) is 4.33. The Hall–Kier alpha value is -1.93. The zero-order valence-corrected chi connectivity index (χ0v) is 14.0. The van der Waals surface area contributed by atoms with Crippen molar-refractivity contribution in [3.63, 3.8) is 0 Å². The fourth-order valence-corrected chi connectivity index (χ4v) is 2.26. The molecule has 23 heavy (non-hydrogen) atoms. The highest BCUT2D eigenvalue weighted by atomic mass is 32.2. The fourth-order valence-electron chi connectivity index (χ4n) is 1.67. The van der Waals surface area contributed by atoms with Crippen LogP contribution in [-0.4, -0.2) is 46.1 Å². The number of thioether (sulfide) groups is 1. The van der Waals surface area contributed by atoms with Gasteiger partial charge in [0.1, 0.15) is 0 Å². The molecule has 0 aliphatic rings. The van der Waals surface area contributed by atoms with Crippen LogP contribution in [0, 0.1) is 0 Å². The van der Waals surface area contributed by atoms with Crippen LogP contribution < -0.4 is 5.32 Å². The predicted octanol–water partition coefficient (Wildman–Crippen LogP) is 2.15. The Kier molecular flexibility index (Phi) is 7.02. The minimum Gasteiger partial charge on any atom is -0.411 e. The largest absolute Gasteiger partial charge is 0.411 e. The van der Waals surface area contributed by atoms with Crippen LogP contribution in [-0.2, 0) is 9.53 Å². The van der Waals surface area contributed by atoms with E-state index in [0.717, 1.165) is 12.0 Å². The standard InChI is InChI=1S/C15H20N4O3S/c1-11(2)21-8-4-7-17-13(20)10-23-15-19-18-14(22-15)12-5-3-6-16-9-12/h3,5-6,9,11H,4,7-8,10H2,1-2H3,(H,17,20). The minimum absolute atomic E-state index is 0.0688. The van der Waals surface area contributed by atoms with Gasteiger partial charge in [-0.25, -0.2) is 0 Å². The van der Waals surface area contributed by atoms with Crippen molar-refractivity contribution in [1.82, 2.24) is 20.5 Å². The van der Waals surface area contributed by atoms with E-state index < -0.39 is 0 Å². The highest BCUT2D eigenvalue weighted by Crippen LogP contribution is 2.22. The van der Waals surface area contributed by atoms with E-state index in [1.165, 1.54) is 11.8 Å². The lowest BCUT2D eigenvalue weighted by Gasteiger charge is -2.07. The number of ether oxygens (including phenoxy) is 1. The van der Waals surface area contributed by atoms with Crippen LogP contribution >= 0.6 is 11.8 Å². The second kappa shape index (κ2) is 9.26. The fraction of sp³-hybridized carbons (Fsp3) is 0.467. The highest BCUT2D eigenvalue weighted by molar-refractivity contribution is 7.99. The molecule has 1 amide bonds. The number of aromatic nitrogens is 3. The van der Waals surface area contributed by atoms with E-state index in [9.17, 15) is 4.79 Å². The van der Waals surface area contributed by atoms with Crippen molar-refractivity contribution in [3.8, 4) is 11.5 Å². The molecule has 1 N–H and O–H groups in total. The van der Waals surface area contributed by atoms with Gasteiger partial charge in [-0.15, -0.1) is 10.2 Å². The molecule has 0 radical (unpaired) electrons. The van der Waals surface area contributed by atoms with Gasteiger partial charge in [0.25, 0.3) is 5.22 Å². The molecule has 0 aliphatic carbocycles. The van der Waals surface area contributed by atoms with Crippen molar-refractivity contribution in [2.24, 2.45) is 0 Å². The number of hydrogen-bond acceptors (Lipinski definition) is 7. The first-order valence-electron chi connectivity index (χ1n) is 7.40. The van der Waals surface area contributed by atoms with Crippen molar-refractivity contribution >= 4 is 17.7 Å². The summed E-state index contributed by atoms with van der Waals surface area (Å²) in [6, 6.07) is 3.63. The number of amides is 1. The second-order valence-electron chi connectivity index (χ2n) is 5.03. The molecule has 2 heterocycles. The summed E-state index contributed by atoms with van der Waals surface area (Å²) in [6.45, 7) is 5.21. The first kappa shape index (κ1) is 17.4. The first-order chi connectivity index (χ1) is 11.1. The van der Waals surface area contributed by atoms with E-state index in [1.54, 1.807) is 18.5 Å². The van der Waals surface area contributed by atoms with Gasteiger partial charge < -0.3 is 14.5 Å². The summed E-state index contributed by atoms with van der Waals surface area (Å²) in [5.41, 5.74) is 0.751. The predicted molar refractivity (Wildman–Crippen MR) is 87.0 cm³/mol. The molecule has 0 bridgehead atoms. The Morgan fingerprint density at radius 2 is 2.30 bits per heavy atom. The summed E-state index contributed by atoms with van der Waals surface area (Å²) in [5.74, 6) is 0.562. The van der Waals surface area contributed by atoms with Crippen molar-refractivity contribution in [2.45, 2.75) is 31.6 Å². The molecular formula is C15H20N4O3S. The molecule has 2 rings (SSSR count). The summed E-state index contributed by atoms with van der Waals surface area (Å²) < 4.78 is 10.9. The van der Waals surface area contributed by atoms with Gasteiger partial charge in [0, 0.05) is 25.5 Å². The van der Waals surface area contributed by atoms with Gasteiger partial charge in [-0.05, 0) is 32.4 Å². The molecule has 7 nitrogen and oxygen atoms in total. The van der Waals surface area contributed by atoms with E-state index in [2.05, 4.69) is 20.5 Å². The van der Waals surface area contributed by atoms with Gasteiger partial charge in [0.2, 0.25) is 11.8 Å². The molecule has 2 aromatic rings. The zero-order valence-electron chi connectivity index (χ0n) is 13.2. The van der Waals surface area contributed by atoms with Crippen LogP contribution in [0.2, 0.25) is 0 Å². The summed E-state index contributed by atoms with van der Waals surface area (Å²) in [5, 5.41) is 11.0. The Balaban J connectivity index is 1.68. The van der Waals surface area contributed by atoms with Gasteiger partial charge in [0.05, 0.1) is 17.4 Å². The molecule has 0 aromatic carbocycles. The maximum Gasteiger partial charge on any atom is 0.277 e. The molecule has 0 aliphatic heterocycles. The maximum absolute atomic E-state index is 11.7. The number of nitrogens with one attached hydrogen (secondary N) is 1. The van der Waals surface area contributed by atoms with Crippen LogP contribution in [0.3, 0.4) is 0 Å². The van der Waals surface area contributed by atoms with E-state index in [-0.39, 0.29) is 17.8 Å². The van der Waals surface area contributed by atoms with Gasteiger partial charge in [-0.1, -0.05) is 11.8 Å². The molecule has 0 fully saturated rings. The van der Waals surface area contributed by atoms with Gasteiger partial charge in [0.15, 0.2) is 0 Å². The van der Waals surface area contributed by atoms with Gasteiger partial charge >= 0.3 is 0 Å². The van der Waals surface area contributed by atoms with E-state index in [4.69, 9.17) is 9.15 Å². The van der Waals surface area contributed by atoms with E-state index >= 15 is 0 Å². The highest BCUT2D eigenvalue weighted by Gasteiger charge is 2.11. The van der Waals surface area contributed by atoms with Gasteiger partial charge in [-0.2, -0.15) is 0 Å². The summed E-state index contributed by atoms with van der Waals surface area (Å²) >= 11 is 1.21. The number of pyridine rings is 1. The quantitative estimate of drug-likeness (QED) is 0.554. The molecule has 0 unspecified atom stereocenters. The maximum atomic E-state index is 11.7. The first-order valence-corrected chi connectivity index (χ1v) is 8.38. The number of nitrogens with zero attached hydrogens (tertiary/aromatic N) is 3. The zero-order chi connectivity index (χ0) is 16.5. The third-order valence-corrected chi connectivity index (χ3v) is 3.55. The Bertz CT molecular complexity index is 604. The Morgan fingerprint density at radius 1 is 1.43 bits per heavy atom. The van der Waals surface area contributed by atoms with Crippen LogP contribution in [0.25, 0.3) is 11.5 Å². The van der Waals surface area contributed by atoms with Crippen LogP contribution in [0.1, 0.15) is 20.3 Å². The Morgan fingerprint density at radius 3 is 3.04 bits per heavy atom. The molecule has 2 aromatic heterocycles. The minimum atomic E-state index is -0.0688. The van der Waals surface area contributed by atoms with E-state index in [1.807, 2.05) is 19.9 Å². The lowest BCUT2D eigenvalue weighted by atomic mass is 10.3. The lowest BCUT2D eigenvalue weighted by Crippen LogP contribution is -2.27. The van der Waals surface area contributed by atoms with Crippen molar-refractivity contribution in [3.05, 3.63) is 24.5 Å². The van der Waals surface area contributed by atoms with Crippen LogP contribution in [0.4, 0.5) is 0 Å². The SMILES string of the molecule is CC(C)OCCCNC(=O)CSc1nnc(-c2cccnc2)o1. The molecular weight excluding hydrogens is 316 g/mol. The second-order valence-corrected chi connectivity index (χ2v) is 5.95. The van der Waals surface area contributed by atoms with Crippen molar-refractivity contribution in [2.75, 3.05) is 18.9 Å². The molecule has 124 valence electrons. The summed E-state index contributed by atoms with van der Waals surface area (Å²) in [4.78, 5) is 15.7. The normalized spacial score (nSPS) is 10.9. The van der Waals surface area contributed by atoms with Crippen LogP contribution in [0.15, 0.2) is 34.2 Å². The van der Waals surface area contributed by atoms with Gasteiger partial charge in [-0.3, -0.25) is 9.78 Å². The molecule has 0 atom stereocenters. The number of rotatable bonds is 9. The topological polar surface area (TPSA) is 90.1 Å². The van der Waals surface area contributed by atoms with Crippen LogP contribution in [0.5, 0.6) is 0 Å². The molecule has 0 saturated carbocycles. The third kappa shape index (κ3) is 6.37. The smallest absolute Gasteiger partial charge is 0.277 e. The molecule has 0 saturated heterocycles. The molecule has 8 heteroatoms. The Labute approximate surface area is 139 Å². The third-order valence-electron chi connectivity index (χ3n) is 2.74. The lowest BCUT2D eigenvalue weighted by molar-refractivity contribution is -0.118. The molecule has 0 spiro atoms. The number of carbonyl (C=O) groups excluding carboxylic acids is 1. The number of carbonyl (C=O) groups is 1.